The summed E-state index contributed by atoms with van der Waals surface area (Å²) in [5.74, 6) is 0. The van der Waals surface area contributed by atoms with Gasteiger partial charge in [-0.05, 0) is 31.1 Å². The molecule has 0 aromatic heterocycles. The summed E-state index contributed by atoms with van der Waals surface area (Å²) >= 11 is 0. The highest BCUT2D eigenvalue weighted by atomic mass is 32.2. The van der Waals surface area contributed by atoms with Crippen LogP contribution in [0.3, 0.4) is 0 Å². The van der Waals surface area contributed by atoms with Crippen molar-refractivity contribution in [3.63, 3.8) is 0 Å². The molecular formula is C15H23NO3S. The van der Waals surface area contributed by atoms with Crippen LogP contribution >= 0.6 is 0 Å². The van der Waals surface area contributed by atoms with E-state index in [1.807, 2.05) is 13.0 Å². The first-order valence-electron chi connectivity index (χ1n) is 6.84. The fourth-order valence-electron chi connectivity index (χ4n) is 1.69. The van der Waals surface area contributed by atoms with E-state index >= 15 is 0 Å². The van der Waals surface area contributed by atoms with Crippen LogP contribution in [0.4, 0.5) is 0 Å². The van der Waals surface area contributed by atoms with Crippen LogP contribution in [-0.4, -0.2) is 26.7 Å². The first-order valence-corrected chi connectivity index (χ1v) is 8.33. The van der Waals surface area contributed by atoms with Crippen LogP contribution in [0.15, 0.2) is 40.8 Å². The summed E-state index contributed by atoms with van der Waals surface area (Å²) in [6.45, 7) is 4.02. The molecule has 2 N–H and O–H groups in total. The Hall–Kier alpha value is -1.17. The maximum atomic E-state index is 12.1. The minimum absolute atomic E-state index is 0.125. The second-order valence-electron chi connectivity index (χ2n) is 4.80. The topological polar surface area (TPSA) is 66.4 Å². The van der Waals surface area contributed by atoms with Crippen molar-refractivity contribution in [1.29, 1.82) is 0 Å². The van der Waals surface area contributed by atoms with E-state index in [2.05, 4.69) is 11.6 Å². The molecule has 0 atom stereocenters. The molecule has 0 aliphatic heterocycles. The van der Waals surface area contributed by atoms with Gasteiger partial charge in [0.05, 0.1) is 11.5 Å². The molecule has 20 heavy (non-hydrogen) atoms. The predicted molar refractivity (Wildman–Crippen MR) is 81.1 cm³/mol. The molecule has 0 heterocycles. The van der Waals surface area contributed by atoms with Gasteiger partial charge in [0.1, 0.15) is 0 Å². The van der Waals surface area contributed by atoms with Gasteiger partial charge in [-0.3, -0.25) is 0 Å². The van der Waals surface area contributed by atoms with E-state index in [1.165, 1.54) is 0 Å². The molecule has 0 bridgehead atoms. The molecule has 0 amide bonds. The van der Waals surface area contributed by atoms with Crippen LogP contribution in [0.1, 0.15) is 31.7 Å². The van der Waals surface area contributed by atoms with E-state index < -0.39 is 10.0 Å². The van der Waals surface area contributed by atoms with Gasteiger partial charge in [0.25, 0.3) is 0 Å². The number of aliphatic hydroxyl groups is 1. The van der Waals surface area contributed by atoms with Gasteiger partial charge in [0.2, 0.25) is 10.0 Å². The van der Waals surface area contributed by atoms with Gasteiger partial charge in [-0.15, -0.1) is 0 Å². The van der Waals surface area contributed by atoms with E-state index in [4.69, 9.17) is 0 Å². The fraction of sp³-hybridized carbons (Fsp3) is 0.467. The lowest BCUT2D eigenvalue weighted by Gasteiger charge is -2.09. The van der Waals surface area contributed by atoms with E-state index in [0.29, 0.717) is 5.57 Å². The minimum atomic E-state index is -3.51. The highest BCUT2D eigenvalue weighted by Crippen LogP contribution is 2.10. The molecule has 0 aliphatic carbocycles. The maximum Gasteiger partial charge on any atom is 0.240 e. The van der Waals surface area contributed by atoms with Gasteiger partial charge in [0, 0.05) is 6.54 Å². The molecule has 1 aromatic carbocycles. The molecule has 0 spiro atoms. The smallest absolute Gasteiger partial charge is 0.240 e. The Bertz CT molecular complexity index is 533. The highest BCUT2D eigenvalue weighted by molar-refractivity contribution is 7.89. The number of nitrogens with one attached hydrogen (secondary N) is 1. The van der Waals surface area contributed by atoms with Gasteiger partial charge in [0.15, 0.2) is 0 Å². The van der Waals surface area contributed by atoms with Crippen molar-refractivity contribution in [2.45, 2.75) is 38.0 Å². The zero-order valence-corrected chi connectivity index (χ0v) is 12.9. The molecule has 112 valence electrons. The lowest BCUT2D eigenvalue weighted by molar-refractivity contribution is 0.328. The minimum Gasteiger partial charge on any atom is -0.392 e. The van der Waals surface area contributed by atoms with E-state index in [9.17, 15) is 13.5 Å². The SMILES string of the molecule is CCCC/C=C(\CO)CNS(=O)(=O)c1ccc(C)cc1. The Kier molecular flexibility index (Phi) is 6.91. The zero-order chi connectivity index (χ0) is 15.0. The number of aliphatic hydroxyl groups excluding tert-OH is 1. The molecule has 0 radical (unpaired) electrons. The third-order valence-corrected chi connectivity index (χ3v) is 4.43. The Morgan fingerprint density at radius 2 is 1.95 bits per heavy atom. The van der Waals surface area contributed by atoms with E-state index in [1.54, 1.807) is 24.3 Å². The zero-order valence-electron chi connectivity index (χ0n) is 12.1. The maximum absolute atomic E-state index is 12.1. The van der Waals surface area contributed by atoms with Crippen molar-refractivity contribution in [2.75, 3.05) is 13.2 Å². The molecule has 0 unspecified atom stereocenters. The predicted octanol–water partition coefficient (Wildman–Crippen LogP) is 2.38. The average molecular weight is 297 g/mol. The summed E-state index contributed by atoms with van der Waals surface area (Å²) in [7, 11) is -3.51. The first kappa shape index (κ1) is 16.9. The van der Waals surface area contributed by atoms with Gasteiger partial charge >= 0.3 is 0 Å². The molecule has 0 fully saturated rings. The lowest BCUT2D eigenvalue weighted by atomic mass is 10.2. The molecule has 1 aromatic rings. The largest absolute Gasteiger partial charge is 0.392 e. The summed E-state index contributed by atoms with van der Waals surface area (Å²) in [6, 6.07) is 6.69. The molecule has 4 nitrogen and oxygen atoms in total. The van der Waals surface area contributed by atoms with Crippen LogP contribution in [0.25, 0.3) is 0 Å². The Morgan fingerprint density at radius 3 is 2.50 bits per heavy atom. The van der Waals surface area contributed by atoms with Crippen molar-refractivity contribution >= 4 is 10.0 Å². The van der Waals surface area contributed by atoms with Gasteiger partial charge in [-0.1, -0.05) is 43.5 Å². The second-order valence-corrected chi connectivity index (χ2v) is 6.57. The average Bonchev–Trinajstić information content (AvgIpc) is 2.43. The Morgan fingerprint density at radius 1 is 1.30 bits per heavy atom. The number of hydrogen-bond donors (Lipinski definition) is 2. The number of benzene rings is 1. The van der Waals surface area contributed by atoms with Crippen molar-refractivity contribution in [2.24, 2.45) is 0 Å². The monoisotopic (exact) mass is 297 g/mol. The quantitative estimate of drug-likeness (QED) is 0.572. The van der Waals surface area contributed by atoms with Crippen LogP contribution in [0, 0.1) is 6.92 Å². The van der Waals surface area contributed by atoms with Gasteiger partial charge < -0.3 is 5.11 Å². The number of rotatable bonds is 8. The number of allylic oxidation sites excluding steroid dienone is 1. The van der Waals surface area contributed by atoms with Crippen molar-refractivity contribution in [3.8, 4) is 0 Å². The van der Waals surface area contributed by atoms with Crippen molar-refractivity contribution in [3.05, 3.63) is 41.5 Å². The molecule has 0 saturated carbocycles. The third-order valence-electron chi connectivity index (χ3n) is 3.01. The van der Waals surface area contributed by atoms with Crippen LogP contribution in [-0.2, 0) is 10.0 Å². The summed E-state index contributed by atoms with van der Waals surface area (Å²) < 4.78 is 26.7. The summed E-state index contributed by atoms with van der Waals surface area (Å²) in [4.78, 5) is 0.244. The molecule has 0 aliphatic rings. The number of unbranched alkanes of at least 4 members (excludes halogenated alkanes) is 2. The molecule has 5 heteroatoms. The van der Waals surface area contributed by atoms with Gasteiger partial charge in [-0.25, -0.2) is 13.1 Å². The fourth-order valence-corrected chi connectivity index (χ4v) is 2.73. The normalized spacial score (nSPS) is 12.7. The second kappa shape index (κ2) is 8.19. The summed E-state index contributed by atoms with van der Waals surface area (Å²) in [5, 5.41) is 9.23. The lowest BCUT2D eigenvalue weighted by Crippen LogP contribution is -2.26. The summed E-state index contributed by atoms with van der Waals surface area (Å²) in [6.07, 6.45) is 4.87. The van der Waals surface area contributed by atoms with E-state index in [0.717, 1.165) is 24.8 Å². The van der Waals surface area contributed by atoms with Crippen LogP contribution in [0.2, 0.25) is 0 Å². The standard InChI is InChI=1S/C15H23NO3S/c1-3-4-5-6-14(12-17)11-16-20(18,19)15-9-7-13(2)8-10-15/h6-10,16-17H,3-5,11-12H2,1-2H3/b14-6-. The highest BCUT2D eigenvalue weighted by Gasteiger charge is 2.13. The molecule has 0 saturated heterocycles. The summed E-state index contributed by atoms with van der Waals surface area (Å²) in [5.41, 5.74) is 1.72. The molecule has 1 rings (SSSR count). The number of aryl methyl sites for hydroxylation is 1. The number of sulfonamides is 1. The Balaban J connectivity index is 2.66. The number of hydrogen-bond acceptors (Lipinski definition) is 3. The molecular weight excluding hydrogens is 274 g/mol. The van der Waals surface area contributed by atoms with E-state index in [-0.39, 0.29) is 18.0 Å². The third kappa shape index (κ3) is 5.45. The van der Waals surface area contributed by atoms with Crippen LogP contribution < -0.4 is 4.72 Å². The van der Waals surface area contributed by atoms with Crippen LogP contribution in [0.5, 0.6) is 0 Å². The van der Waals surface area contributed by atoms with Gasteiger partial charge in [-0.2, -0.15) is 0 Å². The first-order chi connectivity index (χ1) is 9.49. The van der Waals surface area contributed by atoms with Crippen molar-refractivity contribution < 1.29 is 13.5 Å². The Labute approximate surface area is 121 Å². The van der Waals surface area contributed by atoms with Crippen molar-refractivity contribution in [1.82, 2.24) is 4.72 Å².